The maximum atomic E-state index is 12.7. The second-order valence-electron chi connectivity index (χ2n) is 7.12. The minimum atomic E-state index is -0.129. The van der Waals surface area contributed by atoms with E-state index in [1.54, 1.807) is 35.4 Å². The van der Waals surface area contributed by atoms with E-state index in [0.29, 0.717) is 23.4 Å². The summed E-state index contributed by atoms with van der Waals surface area (Å²) < 4.78 is 1.74. The van der Waals surface area contributed by atoms with Gasteiger partial charge in [-0.1, -0.05) is 12.0 Å². The quantitative estimate of drug-likeness (QED) is 0.378. The van der Waals surface area contributed by atoms with Gasteiger partial charge in [0.25, 0.3) is 5.91 Å². The summed E-state index contributed by atoms with van der Waals surface area (Å²) in [6, 6.07) is 11.1. The highest BCUT2D eigenvalue weighted by Crippen LogP contribution is 2.16. The topological polar surface area (TPSA) is 88.5 Å². The SMILES string of the molecule is Cc1ccc(C#Cc2cc(C(=O)NCCCc3cn[nH]c3)ccc2-n2cccn2)nc1. The van der Waals surface area contributed by atoms with Gasteiger partial charge in [0.05, 0.1) is 17.4 Å². The molecular weight excluding hydrogens is 388 g/mol. The third-order valence-corrected chi connectivity index (χ3v) is 4.73. The first-order valence-electron chi connectivity index (χ1n) is 10.0. The fourth-order valence-electron chi connectivity index (χ4n) is 3.07. The number of aromatic amines is 1. The Morgan fingerprint density at radius 3 is 2.87 bits per heavy atom. The number of hydrogen-bond acceptors (Lipinski definition) is 4. The molecule has 3 aromatic heterocycles. The second-order valence-corrected chi connectivity index (χ2v) is 7.12. The van der Waals surface area contributed by atoms with Crippen LogP contribution in [-0.2, 0) is 6.42 Å². The van der Waals surface area contributed by atoms with E-state index in [-0.39, 0.29) is 5.91 Å². The van der Waals surface area contributed by atoms with Crippen molar-refractivity contribution in [1.29, 1.82) is 0 Å². The minimum Gasteiger partial charge on any atom is -0.352 e. The van der Waals surface area contributed by atoms with Gasteiger partial charge in [-0.2, -0.15) is 10.2 Å². The van der Waals surface area contributed by atoms with Gasteiger partial charge in [0, 0.05) is 36.9 Å². The lowest BCUT2D eigenvalue weighted by molar-refractivity contribution is 0.0953. The zero-order chi connectivity index (χ0) is 21.5. The van der Waals surface area contributed by atoms with Crippen molar-refractivity contribution in [2.24, 2.45) is 0 Å². The number of nitrogens with zero attached hydrogens (tertiary/aromatic N) is 4. The highest BCUT2D eigenvalue weighted by Gasteiger charge is 2.10. The van der Waals surface area contributed by atoms with Crippen LogP contribution in [0.5, 0.6) is 0 Å². The van der Waals surface area contributed by atoms with Gasteiger partial charge in [0.1, 0.15) is 5.69 Å². The smallest absolute Gasteiger partial charge is 0.251 e. The summed E-state index contributed by atoms with van der Waals surface area (Å²) >= 11 is 0. The first kappa shape index (κ1) is 20.1. The fourth-order valence-corrected chi connectivity index (χ4v) is 3.07. The van der Waals surface area contributed by atoms with Crippen LogP contribution in [0, 0.1) is 18.8 Å². The molecule has 0 spiro atoms. The van der Waals surface area contributed by atoms with E-state index >= 15 is 0 Å². The molecule has 154 valence electrons. The van der Waals surface area contributed by atoms with E-state index in [4.69, 9.17) is 0 Å². The molecule has 3 heterocycles. The van der Waals surface area contributed by atoms with E-state index in [9.17, 15) is 4.79 Å². The van der Waals surface area contributed by atoms with Crippen LogP contribution in [0.2, 0.25) is 0 Å². The van der Waals surface area contributed by atoms with Gasteiger partial charge in [-0.25, -0.2) is 9.67 Å². The third-order valence-electron chi connectivity index (χ3n) is 4.73. The van der Waals surface area contributed by atoms with Gasteiger partial charge in [0.2, 0.25) is 0 Å². The van der Waals surface area contributed by atoms with Gasteiger partial charge in [-0.15, -0.1) is 0 Å². The zero-order valence-corrected chi connectivity index (χ0v) is 17.2. The van der Waals surface area contributed by atoms with E-state index in [1.165, 1.54) is 0 Å². The van der Waals surface area contributed by atoms with Crippen molar-refractivity contribution in [1.82, 2.24) is 30.3 Å². The monoisotopic (exact) mass is 410 g/mol. The lowest BCUT2D eigenvalue weighted by Gasteiger charge is -2.09. The van der Waals surface area contributed by atoms with E-state index in [1.807, 2.05) is 43.6 Å². The van der Waals surface area contributed by atoms with Crippen LogP contribution >= 0.6 is 0 Å². The number of benzene rings is 1. The number of amides is 1. The average molecular weight is 410 g/mol. The van der Waals surface area contributed by atoms with Crippen molar-refractivity contribution in [3.63, 3.8) is 0 Å². The molecule has 0 radical (unpaired) electrons. The van der Waals surface area contributed by atoms with Crippen molar-refractivity contribution in [2.75, 3.05) is 6.54 Å². The van der Waals surface area contributed by atoms with Crippen molar-refractivity contribution in [3.05, 3.63) is 95.3 Å². The molecule has 7 heteroatoms. The standard InChI is InChI=1S/C24H22N6O/c1-18-5-8-22(26-15-18)9-6-20-14-21(7-10-23(20)30-13-3-12-29-30)24(31)25-11-2-4-19-16-27-28-17-19/h3,5,7-8,10,12-17H,2,4,11H2,1H3,(H,25,31)(H,27,28). The Labute approximate surface area is 180 Å². The number of nitrogens with one attached hydrogen (secondary N) is 2. The molecule has 0 atom stereocenters. The molecule has 4 aromatic rings. The van der Waals surface area contributed by atoms with E-state index < -0.39 is 0 Å². The highest BCUT2D eigenvalue weighted by molar-refractivity contribution is 5.95. The van der Waals surface area contributed by atoms with Crippen LogP contribution in [0.3, 0.4) is 0 Å². The summed E-state index contributed by atoms with van der Waals surface area (Å²) in [5.74, 6) is 6.11. The van der Waals surface area contributed by atoms with E-state index in [0.717, 1.165) is 29.7 Å². The van der Waals surface area contributed by atoms with Crippen LogP contribution in [-0.4, -0.2) is 37.4 Å². The Bertz CT molecular complexity index is 1200. The predicted molar refractivity (Wildman–Crippen MR) is 118 cm³/mol. The summed E-state index contributed by atoms with van der Waals surface area (Å²) in [6.45, 7) is 2.57. The molecule has 0 bridgehead atoms. The molecule has 0 fully saturated rings. The predicted octanol–water partition coefficient (Wildman–Crippen LogP) is 3.06. The molecule has 1 aromatic carbocycles. The molecule has 4 rings (SSSR count). The number of aromatic nitrogens is 5. The first-order chi connectivity index (χ1) is 15.2. The molecule has 0 saturated carbocycles. The first-order valence-corrected chi connectivity index (χ1v) is 10.0. The summed E-state index contributed by atoms with van der Waals surface area (Å²) in [6.07, 6.45) is 10.7. The molecule has 0 aliphatic rings. The summed E-state index contributed by atoms with van der Waals surface area (Å²) in [4.78, 5) is 17.0. The number of carbonyl (C=O) groups excluding carboxylic acids is 1. The molecule has 0 aliphatic carbocycles. The molecule has 31 heavy (non-hydrogen) atoms. The number of pyridine rings is 1. The number of aryl methyl sites for hydroxylation is 2. The third kappa shape index (κ3) is 5.25. The summed E-state index contributed by atoms with van der Waals surface area (Å²) in [5, 5.41) is 14.0. The average Bonchev–Trinajstić information content (AvgIpc) is 3.50. The van der Waals surface area contributed by atoms with Crippen molar-refractivity contribution in [2.45, 2.75) is 19.8 Å². The largest absolute Gasteiger partial charge is 0.352 e. The maximum absolute atomic E-state index is 12.7. The van der Waals surface area contributed by atoms with Crippen molar-refractivity contribution < 1.29 is 4.79 Å². The lowest BCUT2D eigenvalue weighted by Crippen LogP contribution is -2.25. The zero-order valence-electron chi connectivity index (χ0n) is 17.2. The summed E-state index contributed by atoms with van der Waals surface area (Å²) in [7, 11) is 0. The van der Waals surface area contributed by atoms with Crippen LogP contribution < -0.4 is 5.32 Å². The number of carbonyl (C=O) groups is 1. The fraction of sp³-hybridized carbons (Fsp3) is 0.167. The Morgan fingerprint density at radius 1 is 1.19 bits per heavy atom. The number of hydrogen-bond donors (Lipinski definition) is 2. The molecule has 7 nitrogen and oxygen atoms in total. The van der Waals surface area contributed by atoms with Crippen LogP contribution in [0.25, 0.3) is 5.69 Å². The molecule has 0 saturated heterocycles. The molecule has 0 aliphatic heterocycles. The highest BCUT2D eigenvalue weighted by atomic mass is 16.1. The van der Waals surface area contributed by atoms with E-state index in [2.05, 4.69) is 37.4 Å². The lowest BCUT2D eigenvalue weighted by atomic mass is 10.1. The Kier molecular flexibility index (Phi) is 6.19. The van der Waals surface area contributed by atoms with Crippen LogP contribution in [0.4, 0.5) is 0 Å². The van der Waals surface area contributed by atoms with Gasteiger partial charge in [0.15, 0.2) is 0 Å². The van der Waals surface area contributed by atoms with Crippen LogP contribution in [0.1, 0.15) is 39.2 Å². The molecular formula is C24H22N6O. The van der Waals surface area contributed by atoms with Crippen molar-refractivity contribution >= 4 is 5.91 Å². The van der Waals surface area contributed by atoms with Gasteiger partial charge < -0.3 is 5.32 Å². The second kappa shape index (κ2) is 9.55. The van der Waals surface area contributed by atoms with Crippen LogP contribution in [0.15, 0.2) is 67.4 Å². The minimum absolute atomic E-state index is 0.129. The Balaban J connectivity index is 1.52. The van der Waals surface area contributed by atoms with Crippen molar-refractivity contribution in [3.8, 4) is 17.5 Å². The molecule has 1 amide bonds. The number of rotatable bonds is 6. The number of H-pyrrole nitrogens is 1. The normalized spacial score (nSPS) is 10.4. The molecule has 0 unspecified atom stereocenters. The Hall–Kier alpha value is -4.18. The van der Waals surface area contributed by atoms with Gasteiger partial charge in [-0.05, 0) is 67.1 Å². The summed E-state index contributed by atoms with van der Waals surface area (Å²) in [5.41, 5.74) is 4.94. The molecule has 2 N–H and O–H groups in total. The van der Waals surface area contributed by atoms with Gasteiger partial charge >= 0.3 is 0 Å². The maximum Gasteiger partial charge on any atom is 0.251 e. The van der Waals surface area contributed by atoms with Gasteiger partial charge in [-0.3, -0.25) is 9.89 Å². The Morgan fingerprint density at radius 2 is 2.13 bits per heavy atom.